The number of benzene rings is 2. The molecule has 0 amide bonds. The Morgan fingerprint density at radius 1 is 0.656 bits per heavy atom. The van der Waals surface area contributed by atoms with Gasteiger partial charge in [-0.05, 0) is 72.9 Å². The second-order valence-electron chi connectivity index (χ2n) is 11.8. The Kier molecular flexibility index (Phi) is 5.79. The van der Waals surface area contributed by atoms with E-state index in [0.717, 1.165) is 23.8 Å². The molecule has 0 saturated heterocycles. The van der Waals surface area contributed by atoms with Crippen LogP contribution in [0, 0.1) is 13.8 Å². The Labute approximate surface area is 199 Å². The van der Waals surface area contributed by atoms with Gasteiger partial charge in [0, 0.05) is 11.1 Å². The van der Waals surface area contributed by atoms with Crippen LogP contribution >= 0.6 is 19.5 Å². The summed E-state index contributed by atoms with van der Waals surface area (Å²) in [6.07, 6.45) is 1.80. The Hall–Kier alpha value is -1.44. The van der Waals surface area contributed by atoms with Crippen molar-refractivity contribution in [2.45, 2.75) is 89.9 Å². The highest BCUT2D eigenvalue weighted by molar-refractivity contribution is 7.99. The SMILES string of the molecule is CC1=C(C)C[P+]2(C1)Oc1c(cc(C)cc1C(C)(C)C)Sc1cc(C)cc(C(C)(C)C)c1O2. The van der Waals surface area contributed by atoms with Crippen molar-refractivity contribution >= 4 is 19.5 Å². The minimum absolute atomic E-state index is 0.0108. The molecule has 0 aromatic heterocycles. The van der Waals surface area contributed by atoms with Crippen LogP contribution in [0.4, 0.5) is 0 Å². The van der Waals surface area contributed by atoms with E-state index in [9.17, 15) is 0 Å². The van der Waals surface area contributed by atoms with E-state index in [2.05, 4.69) is 93.5 Å². The predicted octanol–water partition coefficient (Wildman–Crippen LogP) is 9.02. The molecule has 0 fully saturated rings. The zero-order valence-corrected chi connectivity index (χ0v) is 23.1. The molecule has 2 aromatic carbocycles. The lowest BCUT2D eigenvalue weighted by atomic mass is 9.85. The van der Waals surface area contributed by atoms with Gasteiger partial charge >= 0.3 is 7.72 Å². The maximum atomic E-state index is 7.12. The molecule has 32 heavy (non-hydrogen) atoms. The highest BCUT2D eigenvalue weighted by Crippen LogP contribution is 2.69. The molecule has 2 aliphatic rings. The van der Waals surface area contributed by atoms with E-state index < -0.39 is 7.72 Å². The molecule has 0 saturated carbocycles. The number of allylic oxidation sites excluding steroid dienone is 2. The Morgan fingerprint density at radius 3 is 1.38 bits per heavy atom. The van der Waals surface area contributed by atoms with Crippen LogP contribution in [0.1, 0.15) is 77.6 Å². The fraction of sp³-hybridized carbons (Fsp3) is 0.500. The van der Waals surface area contributed by atoms with E-state index >= 15 is 0 Å². The third kappa shape index (κ3) is 4.36. The fourth-order valence-corrected chi connectivity index (χ4v) is 9.37. The topological polar surface area (TPSA) is 18.5 Å². The molecule has 0 N–H and O–H groups in total. The molecule has 1 spiro atoms. The number of aryl methyl sites for hydroxylation is 2. The Balaban J connectivity index is 2.02. The Morgan fingerprint density at radius 2 is 1.03 bits per heavy atom. The third-order valence-corrected chi connectivity index (χ3v) is 10.4. The lowest BCUT2D eigenvalue weighted by molar-refractivity contribution is 0.429. The van der Waals surface area contributed by atoms with Crippen molar-refractivity contribution in [1.29, 1.82) is 0 Å². The summed E-state index contributed by atoms with van der Waals surface area (Å²) in [6.45, 7) is 22.5. The van der Waals surface area contributed by atoms with Crippen LogP contribution in [0.25, 0.3) is 0 Å². The molecule has 2 nitrogen and oxygen atoms in total. The minimum atomic E-state index is -2.20. The normalized spacial score (nSPS) is 17.9. The number of hydrogen-bond acceptors (Lipinski definition) is 3. The molecule has 2 aliphatic heterocycles. The molecule has 4 heteroatoms. The second-order valence-corrected chi connectivity index (χ2v) is 15.5. The third-order valence-electron chi connectivity index (χ3n) is 6.43. The molecular weight excluding hydrogens is 431 g/mol. The van der Waals surface area contributed by atoms with Gasteiger partial charge in [0.05, 0.1) is 9.79 Å². The standard InChI is InChI=1S/C28H38O2PS/c1-17-11-21(27(5,6)7)25-23(13-17)32-24-14-18(2)12-22(28(8,9)10)26(24)30-31(29-25)15-19(3)20(4)16-31/h11-14H,15-16H2,1-10H3/q+1. The smallest absolute Gasteiger partial charge is 0.308 e. The van der Waals surface area contributed by atoms with Crippen LogP contribution in [0.2, 0.25) is 0 Å². The van der Waals surface area contributed by atoms with Gasteiger partial charge in [-0.15, -0.1) is 0 Å². The van der Waals surface area contributed by atoms with E-state index in [0.29, 0.717) is 0 Å². The molecule has 0 atom stereocenters. The second kappa shape index (κ2) is 7.81. The van der Waals surface area contributed by atoms with Gasteiger partial charge in [-0.25, -0.2) is 0 Å². The highest BCUT2D eigenvalue weighted by atomic mass is 32.2. The summed E-state index contributed by atoms with van der Waals surface area (Å²) in [5.74, 6) is 2.07. The summed E-state index contributed by atoms with van der Waals surface area (Å²) in [5, 5.41) is 0. The van der Waals surface area contributed by atoms with Crippen molar-refractivity contribution in [1.82, 2.24) is 0 Å². The van der Waals surface area contributed by atoms with Crippen LogP contribution < -0.4 is 9.05 Å². The highest BCUT2D eigenvalue weighted by Gasteiger charge is 2.53. The molecule has 2 heterocycles. The summed E-state index contributed by atoms with van der Waals surface area (Å²) in [7, 11) is -2.20. The summed E-state index contributed by atoms with van der Waals surface area (Å²) < 4.78 is 14.2. The van der Waals surface area contributed by atoms with Crippen molar-refractivity contribution in [3.63, 3.8) is 0 Å². The van der Waals surface area contributed by atoms with Crippen molar-refractivity contribution in [2.75, 3.05) is 12.3 Å². The molecular formula is C28H38O2PS+. The zero-order valence-electron chi connectivity index (χ0n) is 21.4. The van der Waals surface area contributed by atoms with E-state index in [4.69, 9.17) is 9.05 Å². The fourth-order valence-electron chi connectivity index (χ4n) is 4.58. The van der Waals surface area contributed by atoms with Crippen molar-refractivity contribution in [2.24, 2.45) is 0 Å². The van der Waals surface area contributed by atoms with E-state index in [1.54, 1.807) is 11.8 Å². The number of hydrogen-bond donors (Lipinski definition) is 0. The van der Waals surface area contributed by atoms with E-state index in [1.165, 1.54) is 43.2 Å². The van der Waals surface area contributed by atoms with E-state index in [-0.39, 0.29) is 10.8 Å². The summed E-state index contributed by atoms with van der Waals surface area (Å²) in [6, 6.07) is 9.20. The largest absolute Gasteiger partial charge is 0.372 e. The summed E-state index contributed by atoms with van der Waals surface area (Å²) >= 11 is 1.80. The molecule has 172 valence electrons. The maximum absolute atomic E-state index is 7.12. The van der Waals surface area contributed by atoms with E-state index in [1.807, 2.05) is 0 Å². The van der Waals surface area contributed by atoms with Crippen molar-refractivity contribution in [3.8, 4) is 11.5 Å². The number of fused-ring (bicyclic) bond motifs is 2. The van der Waals surface area contributed by atoms with Crippen molar-refractivity contribution in [3.05, 3.63) is 57.7 Å². The lowest BCUT2D eigenvalue weighted by Gasteiger charge is -2.32. The monoisotopic (exact) mass is 469 g/mol. The first-order valence-corrected chi connectivity index (χ1v) is 14.4. The molecule has 0 radical (unpaired) electrons. The lowest BCUT2D eigenvalue weighted by Crippen LogP contribution is -2.21. The first-order valence-electron chi connectivity index (χ1n) is 11.6. The van der Waals surface area contributed by atoms with Crippen LogP contribution in [-0.2, 0) is 10.8 Å². The van der Waals surface area contributed by atoms with Gasteiger partial charge in [0.2, 0.25) is 0 Å². The number of rotatable bonds is 0. The average molecular weight is 470 g/mol. The first-order chi connectivity index (χ1) is 14.7. The average Bonchev–Trinajstić information content (AvgIpc) is 2.90. The quantitative estimate of drug-likeness (QED) is 0.283. The van der Waals surface area contributed by atoms with Crippen LogP contribution in [0.5, 0.6) is 11.5 Å². The molecule has 4 rings (SSSR count). The van der Waals surface area contributed by atoms with Gasteiger partial charge < -0.3 is 9.05 Å². The maximum Gasteiger partial charge on any atom is 0.372 e. The van der Waals surface area contributed by atoms with Gasteiger partial charge in [-0.3, -0.25) is 0 Å². The first kappa shape index (κ1) is 23.7. The van der Waals surface area contributed by atoms with Crippen LogP contribution in [0.15, 0.2) is 45.2 Å². The molecule has 2 aromatic rings. The van der Waals surface area contributed by atoms with Crippen LogP contribution in [0.3, 0.4) is 0 Å². The van der Waals surface area contributed by atoms with Crippen molar-refractivity contribution < 1.29 is 9.05 Å². The summed E-state index contributed by atoms with van der Waals surface area (Å²) in [4.78, 5) is 2.43. The minimum Gasteiger partial charge on any atom is -0.308 e. The van der Waals surface area contributed by atoms with Gasteiger partial charge in [0.25, 0.3) is 0 Å². The zero-order chi connectivity index (χ0) is 23.6. The molecule has 0 bridgehead atoms. The Bertz CT molecular complexity index is 1030. The van der Waals surface area contributed by atoms with Gasteiger partial charge in [0.1, 0.15) is 0 Å². The summed E-state index contributed by atoms with van der Waals surface area (Å²) in [5.41, 5.74) is 7.93. The van der Waals surface area contributed by atoms with Gasteiger partial charge in [-0.2, -0.15) is 0 Å². The molecule has 0 aliphatic carbocycles. The van der Waals surface area contributed by atoms with Crippen LogP contribution in [-0.4, -0.2) is 12.3 Å². The van der Waals surface area contributed by atoms with Gasteiger partial charge in [-0.1, -0.05) is 65.4 Å². The predicted molar refractivity (Wildman–Crippen MR) is 140 cm³/mol. The molecule has 0 unspecified atom stereocenters. The van der Waals surface area contributed by atoms with Gasteiger partial charge in [0.15, 0.2) is 23.8 Å².